The van der Waals surface area contributed by atoms with Gasteiger partial charge in [0.25, 0.3) is 10.0 Å². The monoisotopic (exact) mass is 294 g/mol. The SMILES string of the molecule is CCC1OCCC1CN=C1NS(=O)(=O)c2ccccc21. The Morgan fingerprint density at radius 2 is 2.20 bits per heavy atom. The van der Waals surface area contributed by atoms with E-state index in [1.807, 2.05) is 6.07 Å². The van der Waals surface area contributed by atoms with Crippen LogP contribution in [0, 0.1) is 5.92 Å². The number of hydrogen-bond acceptors (Lipinski definition) is 4. The Morgan fingerprint density at radius 1 is 1.40 bits per heavy atom. The van der Waals surface area contributed by atoms with Crippen LogP contribution in [-0.4, -0.2) is 33.5 Å². The van der Waals surface area contributed by atoms with Gasteiger partial charge in [-0.05, 0) is 25.0 Å². The molecule has 1 aromatic carbocycles. The number of aliphatic imine (C=N–C) groups is 1. The van der Waals surface area contributed by atoms with Crippen molar-refractivity contribution in [3.05, 3.63) is 29.8 Å². The largest absolute Gasteiger partial charge is 0.378 e. The third kappa shape index (κ3) is 2.33. The van der Waals surface area contributed by atoms with Crippen molar-refractivity contribution in [3.63, 3.8) is 0 Å². The zero-order valence-electron chi connectivity index (χ0n) is 11.4. The van der Waals surface area contributed by atoms with Gasteiger partial charge in [0.1, 0.15) is 5.84 Å². The lowest BCUT2D eigenvalue weighted by Gasteiger charge is -2.14. The Balaban J connectivity index is 1.84. The number of sulfonamides is 1. The summed E-state index contributed by atoms with van der Waals surface area (Å²) >= 11 is 0. The van der Waals surface area contributed by atoms with Gasteiger partial charge < -0.3 is 4.74 Å². The molecule has 20 heavy (non-hydrogen) atoms. The van der Waals surface area contributed by atoms with E-state index < -0.39 is 10.0 Å². The number of nitrogens with one attached hydrogen (secondary N) is 1. The fraction of sp³-hybridized carbons (Fsp3) is 0.500. The smallest absolute Gasteiger partial charge is 0.263 e. The molecule has 2 aliphatic rings. The van der Waals surface area contributed by atoms with E-state index in [0.717, 1.165) is 19.4 Å². The third-order valence-electron chi connectivity index (χ3n) is 3.90. The molecule has 0 bridgehead atoms. The molecule has 0 spiro atoms. The minimum absolute atomic E-state index is 0.243. The molecule has 1 fully saturated rings. The zero-order valence-corrected chi connectivity index (χ0v) is 12.2. The molecule has 0 saturated carbocycles. The second-order valence-corrected chi connectivity index (χ2v) is 6.81. The van der Waals surface area contributed by atoms with E-state index in [4.69, 9.17) is 4.74 Å². The predicted octanol–water partition coefficient (Wildman–Crippen LogP) is 1.54. The van der Waals surface area contributed by atoms with E-state index in [2.05, 4.69) is 16.6 Å². The average molecular weight is 294 g/mol. The van der Waals surface area contributed by atoms with E-state index in [1.165, 1.54) is 0 Å². The first-order valence-electron chi connectivity index (χ1n) is 6.90. The van der Waals surface area contributed by atoms with Crippen molar-refractivity contribution in [2.24, 2.45) is 10.9 Å². The van der Waals surface area contributed by atoms with E-state index in [0.29, 0.717) is 28.8 Å². The fourth-order valence-electron chi connectivity index (χ4n) is 2.81. The van der Waals surface area contributed by atoms with Gasteiger partial charge in [0.15, 0.2) is 0 Å². The summed E-state index contributed by atoms with van der Waals surface area (Å²) in [6.07, 6.45) is 2.20. The first-order chi connectivity index (χ1) is 9.62. The van der Waals surface area contributed by atoms with Gasteiger partial charge in [-0.3, -0.25) is 9.71 Å². The number of nitrogens with zero attached hydrogens (tertiary/aromatic N) is 1. The number of hydrogen-bond donors (Lipinski definition) is 1. The van der Waals surface area contributed by atoms with E-state index in [1.54, 1.807) is 18.2 Å². The second-order valence-electron chi connectivity index (χ2n) is 5.16. The van der Waals surface area contributed by atoms with Crippen molar-refractivity contribution in [2.75, 3.05) is 13.2 Å². The molecule has 0 radical (unpaired) electrons. The lowest BCUT2D eigenvalue weighted by atomic mass is 10.00. The van der Waals surface area contributed by atoms with Crippen LogP contribution in [0.25, 0.3) is 0 Å². The van der Waals surface area contributed by atoms with Crippen molar-refractivity contribution < 1.29 is 13.2 Å². The third-order valence-corrected chi connectivity index (χ3v) is 5.29. The summed E-state index contributed by atoms with van der Waals surface area (Å²) in [7, 11) is -3.43. The summed E-state index contributed by atoms with van der Waals surface area (Å²) in [5, 5.41) is 0. The molecule has 2 heterocycles. The zero-order chi connectivity index (χ0) is 14.2. The molecule has 2 atom stereocenters. The minimum atomic E-state index is -3.43. The maximum atomic E-state index is 12.0. The van der Waals surface area contributed by atoms with Gasteiger partial charge in [-0.25, -0.2) is 8.42 Å². The normalized spacial score (nSPS) is 29.4. The van der Waals surface area contributed by atoms with E-state index >= 15 is 0 Å². The van der Waals surface area contributed by atoms with E-state index in [9.17, 15) is 8.42 Å². The lowest BCUT2D eigenvalue weighted by Crippen LogP contribution is -2.24. The summed E-state index contributed by atoms with van der Waals surface area (Å²) in [6, 6.07) is 6.94. The molecular weight excluding hydrogens is 276 g/mol. The first-order valence-corrected chi connectivity index (χ1v) is 8.38. The van der Waals surface area contributed by atoms with Crippen LogP contribution < -0.4 is 4.72 Å². The Morgan fingerprint density at radius 3 is 3.00 bits per heavy atom. The van der Waals surface area contributed by atoms with Gasteiger partial charge >= 0.3 is 0 Å². The van der Waals surface area contributed by atoms with Crippen LogP contribution in [-0.2, 0) is 14.8 Å². The minimum Gasteiger partial charge on any atom is -0.378 e. The standard InChI is InChI=1S/C14H18N2O3S/c1-2-12-10(7-8-19-12)9-15-14-11-5-3-4-6-13(11)20(17,18)16-14/h3-6,10,12H,2,7-9H2,1H3,(H,15,16). The van der Waals surface area contributed by atoms with Crippen LogP contribution in [0.1, 0.15) is 25.3 Å². The van der Waals surface area contributed by atoms with Crippen LogP contribution in [0.2, 0.25) is 0 Å². The molecular formula is C14H18N2O3S. The number of benzene rings is 1. The molecule has 5 nitrogen and oxygen atoms in total. The quantitative estimate of drug-likeness (QED) is 0.919. The summed E-state index contributed by atoms with van der Waals surface area (Å²) in [4.78, 5) is 4.80. The Labute approximate surface area is 119 Å². The molecule has 6 heteroatoms. The molecule has 1 aromatic rings. The molecule has 2 unspecified atom stereocenters. The van der Waals surface area contributed by atoms with Crippen molar-refractivity contribution in [3.8, 4) is 0 Å². The van der Waals surface area contributed by atoms with E-state index in [-0.39, 0.29) is 6.10 Å². The molecule has 2 aliphatic heterocycles. The van der Waals surface area contributed by atoms with Crippen LogP contribution in [0.3, 0.4) is 0 Å². The van der Waals surface area contributed by atoms with Crippen LogP contribution in [0.4, 0.5) is 0 Å². The Kier molecular flexibility index (Phi) is 3.52. The summed E-state index contributed by atoms with van der Waals surface area (Å²) in [5.74, 6) is 0.840. The maximum absolute atomic E-state index is 12.0. The predicted molar refractivity (Wildman–Crippen MR) is 76.3 cm³/mol. The summed E-state index contributed by atoms with van der Waals surface area (Å²) in [5.41, 5.74) is 0.666. The van der Waals surface area contributed by atoms with Crippen LogP contribution >= 0.6 is 0 Å². The van der Waals surface area contributed by atoms with Crippen LogP contribution in [0.15, 0.2) is 34.2 Å². The van der Waals surface area contributed by atoms with Gasteiger partial charge in [0.05, 0.1) is 11.0 Å². The van der Waals surface area contributed by atoms with Crippen molar-refractivity contribution in [1.29, 1.82) is 0 Å². The summed E-state index contributed by atoms with van der Waals surface area (Å²) < 4.78 is 32.1. The van der Waals surface area contributed by atoms with Gasteiger partial charge in [0, 0.05) is 24.6 Å². The van der Waals surface area contributed by atoms with Crippen molar-refractivity contribution >= 4 is 15.9 Å². The molecule has 1 N–H and O–H groups in total. The Bertz CT molecular complexity index is 640. The number of amidine groups is 1. The highest BCUT2D eigenvalue weighted by Crippen LogP contribution is 2.25. The highest BCUT2D eigenvalue weighted by molar-refractivity contribution is 7.90. The first kappa shape index (κ1) is 13.6. The molecule has 1 saturated heterocycles. The highest BCUT2D eigenvalue weighted by atomic mass is 32.2. The number of ether oxygens (including phenoxy) is 1. The van der Waals surface area contributed by atoms with Crippen molar-refractivity contribution in [2.45, 2.75) is 30.8 Å². The number of fused-ring (bicyclic) bond motifs is 1. The second kappa shape index (κ2) is 5.18. The highest BCUT2D eigenvalue weighted by Gasteiger charge is 2.31. The van der Waals surface area contributed by atoms with Crippen LogP contribution in [0.5, 0.6) is 0 Å². The average Bonchev–Trinajstić information content (AvgIpc) is 3.00. The molecule has 0 aliphatic carbocycles. The van der Waals surface area contributed by atoms with Gasteiger partial charge in [-0.2, -0.15) is 0 Å². The number of rotatable bonds is 3. The lowest BCUT2D eigenvalue weighted by molar-refractivity contribution is 0.0893. The molecule has 108 valence electrons. The van der Waals surface area contributed by atoms with Gasteiger partial charge in [-0.1, -0.05) is 19.1 Å². The van der Waals surface area contributed by atoms with Crippen molar-refractivity contribution in [1.82, 2.24) is 4.72 Å². The topological polar surface area (TPSA) is 67.8 Å². The van der Waals surface area contributed by atoms with Gasteiger partial charge in [-0.15, -0.1) is 0 Å². The molecule has 3 rings (SSSR count). The fourth-order valence-corrected chi connectivity index (χ4v) is 4.06. The molecule has 0 amide bonds. The van der Waals surface area contributed by atoms with Gasteiger partial charge in [0.2, 0.25) is 0 Å². The summed E-state index contributed by atoms with van der Waals surface area (Å²) in [6.45, 7) is 3.48. The maximum Gasteiger partial charge on any atom is 0.263 e. The molecule has 0 aromatic heterocycles. The Hall–Kier alpha value is -1.40.